The van der Waals surface area contributed by atoms with Gasteiger partial charge in [0.15, 0.2) is 6.10 Å². The van der Waals surface area contributed by atoms with Gasteiger partial charge in [-0.15, -0.1) is 0 Å². The van der Waals surface area contributed by atoms with E-state index in [1.54, 1.807) is 6.92 Å². The Kier molecular flexibility index (Phi) is 4.98. The van der Waals surface area contributed by atoms with Crippen LogP contribution in [0, 0.1) is 0 Å². The molecular weight excluding hydrogens is 238 g/mol. The van der Waals surface area contributed by atoms with Gasteiger partial charge in [0.05, 0.1) is 0 Å². The van der Waals surface area contributed by atoms with E-state index in [4.69, 9.17) is 4.74 Å². The molecule has 0 saturated heterocycles. The minimum Gasteiger partial charge on any atom is -0.481 e. The Bertz CT molecular complexity index is 415. The summed E-state index contributed by atoms with van der Waals surface area (Å²) >= 11 is 0. The van der Waals surface area contributed by atoms with Crippen molar-refractivity contribution in [2.75, 3.05) is 0 Å². The molecule has 1 N–H and O–H groups in total. The van der Waals surface area contributed by atoms with Crippen molar-refractivity contribution in [3.05, 3.63) is 29.8 Å². The Morgan fingerprint density at radius 2 is 1.63 bits per heavy atom. The number of ether oxygens (including phenoxy) is 1. The van der Waals surface area contributed by atoms with Crippen molar-refractivity contribution in [2.24, 2.45) is 0 Å². The summed E-state index contributed by atoms with van der Waals surface area (Å²) in [5, 5.41) is 2.90. The summed E-state index contributed by atoms with van der Waals surface area (Å²) < 4.78 is 5.64. The third-order valence-corrected chi connectivity index (χ3v) is 2.73. The fourth-order valence-electron chi connectivity index (χ4n) is 1.66. The normalized spacial score (nSPS) is 13.2. The summed E-state index contributed by atoms with van der Waals surface area (Å²) in [6, 6.07) is 7.90. The Morgan fingerprint density at radius 3 is 2.05 bits per heavy atom. The maximum Gasteiger partial charge on any atom is 0.261 e. The van der Waals surface area contributed by atoms with Crippen LogP contribution in [0.1, 0.15) is 53.0 Å². The largest absolute Gasteiger partial charge is 0.481 e. The fourth-order valence-corrected chi connectivity index (χ4v) is 1.66. The van der Waals surface area contributed by atoms with Gasteiger partial charge in [-0.1, -0.05) is 26.0 Å². The summed E-state index contributed by atoms with van der Waals surface area (Å²) in [5.41, 5.74) is 1.02. The van der Waals surface area contributed by atoms with Crippen LogP contribution in [0.25, 0.3) is 0 Å². The maximum absolute atomic E-state index is 11.9. The van der Waals surface area contributed by atoms with Gasteiger partial charge in [0.2, 0.25) is 0 Å². The van der Waals surface area contributed by atoms with E-state index >= 15 is 0 Å². The molecule has 3 nitrogen and oxygen atoms in total. The van der Waals surface area contributed by atoms with Crippen LogP contribution in [0.4, 0.5) is 0 Å². The number of rotatable bonds is 4. The number of carbonyl (C=O) groups is 1. The lowest BCUT2D eigenvalue weighted by Crippen LogP contribution is -2.46. The van der Waals surface area contributed by atoms with Crippen LogP contribution in [0.5, 0.6) is 5.75 Å². The van der Waals surface area contributed by atoms with Crippen molar-refractivity contribution in [2.45, 2.75) is 59.1 Å². The Labute approximate surface area is 116 Å². The predicted molar refractivity (Wildman–Crippen MR) is 78.5 cm³/mol. The molecule has 0 fully saturated rings. The zero-order valence-electron chi connectivity index (χ0n) is 12.8. The first kappa shape index (κ1) is 15.5. The van der Waals surface area contributed by atoms with Crippen LogP contribution in [0.15, 0.2) is 24.3 Å². The van der Waals surface area contributed by atoms with Gasteiger partial charge in [-0.25, -0.2) is 0 Å². The second-order valence-electron chi connectivity index (χ2n) is 6.22. The van der Waals surface area contributed by atoms with Crippen LogP contribution in [0.2, 0.25) is 0 Å². The third kappa shape index (κ3) is 5.33. The van der Waals surface area contributed by atoms with Gasteiger partial charge in [-0.05, 0) is 51.3 Å². The van der Waals surface area contributed by atoms with E-state index in [1.165, 1.54) is 5.56 Å². The van der Waals surface area contributed by atoms with Crippen molar-refractivity contribution in [1.29, 1.82) is 0 Å². The molecule has 0 aliphatic rings. The average Bonchev–Trinajstić information content (AvgIpc) is 2.27. The third-order valence-electron chi connectivity index (χ3n) is 2.73. The summed E-state index contributed by atoms with van der Waals surface area (Å²) in [7, 11) is 0. The SMILES string of the molecule is CC(Oc1ccc(C(C)C)cc1)C(=O)NC(C)(C)C. The second kappa shape index (κ2) is 6.09. The van der Waals surface area contributed by atoms with Gasteiger partial charge >= 0.3 is 0 Å². The number of nitrogens with one attached hydrogen (secondary N) is 1. The highest BCUT2D eigenvalue weighted by atomic mass is 16.5. The molecule has 1 amide bonds. The second-order valence-corrected chi connectivity index (χ2v) is 6.22. The van der Waals surface area contributed by atoms with E-state index in [1.807, 2.05) is 45.0 Å². The molecule has 0 aromatic heterocycles. The minimum atomic E-state index is -0.496. The van der Waals surface area contributed by atoms with E-state index in [0.717, 1.165) is 5.75 Å². The van der Waals surface area contributed by atoms with Gasteiger partial charge in [0.25, 0.3) is 5.91 Å². The summed E-state index contributed by atoms with van der Waals surface area (Å²) in [6.45, 7) is 11.9. The molecule has 0 saturated carbocycles. The molecule has 1 unspecified atom stereocenters. The quantitative estimate of drug-likeness (QED) is 0.903. The summed E-state index contributed by atoms with van der Waals surface area (Å²) in [5.74, 6) is 1.12. The monoisotopic (exact) mass is 263 g/mol. The van der Waals surface area contributed by atoms with Crippen LogP contribution < -0.4 is 10.1 Å². The molecule has 0 aliphatic carbocycles. The van der Waals surface area contributed by atoms with E-state index in [2.05, 4.69) is 19.2 Å². The number of hydrogen-bond acceptors (Lipinski definition) is 2. The average molecular weight is 263 g/mol. The molecule has 0 spiro atoms. The predicted octanol–water partition coefficient (Wildman–Crippen LogP) is 3.49. The summed E-state index contributed by atoms with van der Waals surface area (Å²) in [6.07, 6.45) is -0.496. The van der Waals surface area contributed by atoms with Crippen LogP contribution >= 0.6 is 0 Å². The molecule has 3 heteroatoms. The molecule has 1 rings (SSSR count). The highest BCUT2D eigenvalue weighted by Gasteiger charge is 2.20. The first-order valence-corrected chi connectivity index (χ1v) is 6.77. The lowest BCUT2D eigenvalue weighted by molar-refractivity contribution is -0.128. The van der Waals surface area contributed by atoms with Crippen molar-refractivity contribution < 1.29 is 9.53 Å². The summed E-state index contributed by atoms with van der Waals surface area (Å²) in [4.78, 5) is 11.9. The van der Waals surface area contributed by atoms with Crippen molar-refractivity contribution in [3.63, 3.8) is 0 Å². The van der Waals surface area contributed by atoms with Crippen LogP contribution in [-0.4, -0.2) is 17.6 Å². The van der Waals surface area contributed by atoms with Crippen LogP contribution in [-0.2, 0) is 4.79 Å². The molecule has 0 aliphatic heterocycles. The smallest absolute Gasteiger partial charge is 0.261 e. The van der Waals surface area contributed by atoms with E-state index in [9.17, 15) is 4.79 Å². The molecule has 1 aromatic rings. The highest BCUT2D eigenvalue weighted by molar-refractivity contribution is 5.81. The van der Waals surface area contributed by atoms with Crippen molar-refractivity contribution >= 4 is 5.91 Å². The number of hydrogen-bond donors (Lipinski definition) is 1. The maximum atomic E-state index is 11.9. The molecular formula is C16H25NO2. The zero-order valence-corrected chi connectivity index (χ0v) is 12.8. The van der Waals surface area contributed by atoms with E-state index in [-0.39, 0.29) is 11.4 Å². The molecule has 0 bridgehead atoms. The lowest BCUT2D eigenvalue weighted by Gasteiger charge is -2.23. The molecule has 0 heterocycles. The first-order valence-electron chi connectivity index (χ1n) is 6.77. The van der Waals surface area contributed by atoms with Gasteiger partial charge in [0, 0.05) is 5.54 Å². The molecule has 19 heavy (non-hydrogen) atoms. The number of carbonyl (C=O) groups excluding carboxylic acids is 1. The first-order chi connectivity index (χ1) is 8.69. The van der Waals surface area contributed by atoms with Gasteiger partial charge < -0.3 is 10.1 Å². The van der Waals surface area contributed by atoms with E-state index in [0.29, 0.717) is 5.92 Å². The minimum absolute atomic E-state index is 0.0968. The van der Waals surface area contributed by atoms with Crippen molar-refractivity contribution in [3.8, 4) is 5.75 Å². The van der Waals surface area contributed by atoms with Crippen molar-refractivity contribution in [1.82, 2.24) is 5.32 Å². The van der Waals surface area contributed by atoms with Gasteiger partial charge in [-0.2, -0.15) is 0 Å². The van der Waals surface area contributed by atoms with Gasteiger partial charge in [0.1, 0.15) is 5.75 Å². The van der Waals surface area contributed by atoms with E-state index < -0.39 is 6.10 Å². The lowest BCUT2D eigenvalue weighted by atomic mass is 10.0. The standard InChI is InChI=1S/C16H25NO2/c1-11(2)13-7-9-14(10-8-13)19-12(3)15(18)17-16(4,5)6/h7-12H,1-6H3,(H,17,18). The number of amides is 1. The van der Waals surface area contributed by atoms with Gasteiger partial charge in [-0.3, -0.25) is 4.79 Å². The Hall–Kier alpha value is -1.51. The molecule has 1 atom stereocenters. The fraction of sp³-hybridized carbons (Fsp3) is 0.562. The number of benzene rings is 1. The molecule has 106 valence electrons. The Morgan fingerprint density at radius 1 is 1.11 bits per heavy atom. The molecule has 1 aromatic carbocycles. The molecule has 0 radical (unpaired) electrons. The topological polar surface area (TPSA) is 38.3 Å². The Balaban J connectivity index is 2.61. The zero-order chi connectivity index (χ0) is 14.6. The highest BCUT2D eigenvalue weighted by Crippen LogP contribution is 2.19. The van der Waals surface area contributed by atoms with Crippen LogP contribution in [0.3, 0.4) is 0 Å².